The Kier molecular flexibility index (Phi) is 5.44. The molecular formula is C16H22ClNO2. The lowest BCUT2D eigenvalue weighted by atomic mass is 9.97. The summed E-state index contributed by atoms with van der Waals surface area (Å²) in [7, 11) is 0. The highest BCUT2D eigenvalue weighted by molar-refractivity contribution is 6.30. The summed E-state index contributed by atoms with van der Waals surface area (Å²) in [5, 5.41) is 10.2. The lowest BCUT2D eigenvalue weighted by Crippen LogP contribution is -2.40. The van der Waals surface area contributed by atoms with Gasteiger partial charge in [-0.25, -0.2) is 0 Å². The summed E-state index contributed by atoms with van der Waals surface area (Å²) < 4.78 is 0. The van der Waals surface area contributed by atoms with E-state index in [4.69, 9.17) is 11.6 Å². The molecule has 2 rings (SSSR count). The van der Waals surface area contributed by atoms with Crippen molar-refractivity contribution in [3.63, 3.8) is 0 Å². The third-order valence-corrected chi connectivity index (χ3v) is 4.09. The van der Waals surface area contributed by atoms with Gasteiger partial charge in [-0.3, -0.25) is 4.79 Å². The van der Waals surface area contributed by atoms with Crippen LogP contribution in [0, 0.1) is 5.92 Å². The number of hydrogen-bond acceptors (Lipinski definition) is 2. The molecule has 4 heteroatoms. The topological polar surface area (TPSA) is 40.5 Å². The predicted molar refractivity (Wildman–Crippen MR) is 80.8 cm³/mol. The van der Waals surface area contributed by atoms with E-state index in [1.165, 1.54) is 5.56 Å². The summed E-state index contributed by atoms with van der Waals surface area (Å²) in [6.07, 6.45) is 2.64. The van der Waals surface area contributed by atoms with Crippen LogP contribution >= 0.6 is 11.6 Å². The van der Waals surface area contributed by atoms with Crippen molar-refractivity contribution in [3.8, 4) is 0 Å². The first kappa shape index (κ1) is 15.3. The molecule has 1 saturated heterocycles. The van der Waals surface area contributed by atoms with E-state index in [0.29, 0.717) is 38.3 Å². The average Bonchev–Trinajstić information content (AvgIpc) is 2.42. The zero-order valence-corrected chi connectivity index (χ0v) is 12.6. The number of likely N-dealkylation sites (tertiary alicyclic amines) is 1. The Morgan fingerprint density at radius 3 is 2.55 bits per heavy atom. The van der Waals surface area contributed by atoms with Crippen LogP contribution in [0.25, 0.3) is 0 Å². The van der Waals surface area contributed by atoms with Crippen molar-refractivity contribution in [1.82, 2.24) is 4.90 Å². The molecule has 1 atom stereocenters. The first-order chi connectivity index (χ1) is 9.54. The van der Waals surface area contributed by atoms with Crippen LogP contribution in [0.15, 0.2) is 24.3 Å². The van der Waals surface area contributed by atoms with Crippen molar-refractivity contribution < 1.29 is 9.90 Å². The highest BCUT2D eigenvalue weighted by Crippen LogP contribution is 2.18. The predicted octanol–water partition coefficient (Wildman–Crippen LogP) is 2.89. The molecule has 1 aliphatic heterocycles. The molecule has 1 fully saturated rings. The summed E-state index contributed by atoms with van der Waals surface area (Å²) in [6.45, 7) is 3.48. The fourth-order valence-electron chi connectivity index (χ4n) is 2.64. The van der Waals surface area contributed by atoms with Crippen LogP contribution in [0.5, 0.6) is 0 Å². The first-order valence-electron chi connectivity index (χ1n) is 7.25. The van der Waals surface area contributed by atoms with Gasteiger partial charge in [0.25, 0.3) is 0 Å². The molecule has 0 aliphatic carbocycles. The first-order valence-corrected chi connectivity index (χ1v) is 7.62. The maximum absolute atomic E-state index is 12.2. The van der Waals surface area contributed by atoms with Crippen LogP contribution in [0.4, 0.5) is 0 Å². The number of aliphatic hydroxyl groups is 1. The number of carbonyl (C=O) groups excluding carboxylic acids is 1. The summed E-state index contributed by atoms with van der Waals surface area (Å²) >= 11 is 5.86. The molecule has 0 radical (unpaired) electrons. The van der Waals surface area contributed by atoms with Crippen LogP contribution in [-0.2, 0) is 11.2 Å². The van der Waals surface area contributed by atoms with E-state index in [1.807, 2.05) is 29.2 Å². The Balaban J connectivity index is 1.80. The summed E-state index contributed by atoms with van der Waals surface area (Å²) in [4.78, 5) is 14.1. The molecule has 0 spiro atoms. The standard InChI is InChI=1S/C16H22ClNO2/c1-12(10-13-2-4-14(17)5-3-13)11-16(20)18-8-6-15(19)7-9-18/h2-5,12,15,19H,6-11H2,1H3. The van der Waals surface area contributed by atoms with Crippen LogP contribution in [0.1, 0.15) is 31.7 Å². The molecule has 110 valence electrons. The number of carbonyl (C=O) groups is 1. The maximum Gasteiger partial charge on any atom is 0.222 e. The van der Waals surface area contributed by atoms with E-state index in [-0.39, 0.29) is 12.0 Å². The minimum absolute atomic E-state index is 0.207. The molecule has 0 bridgehead atoms. The van der Waals surface area contributed by atoms with Crippen molar-refractivity contribution in [2.45, 2.75) is 38.7 Å². The number of rotatable bonds is 4. The number of benzene rings is 1. The second-order valence-electron chi connectivity index (χ2n) is 5.75. The van der Waals surface area contributed by atoms with Crippen LogP contribution in [0.3, 0.4) is 0 Å². The minimum Gasteiger partial charge on any atom is -0.393 e. The Labute approximate surface area is 125 Å². The van der Waals surface area contributed by atoms with Crippen molar-refractivity contribution in [3.05, 3.63) is 34.9 Å². The third-order valence-electron chi connectivity index (χ3n) is 3.84. The summed E-state index contributed by atoms with van der Waals surface area (Å²) in [5.41, 5.74) is 1.21. The van der Waals surface area contributed by atoms with Gasteiger partial charge in [-0.1, -0.05) is 30.7 Å². The molecule has 0 saturated carbocycles. The van der Waals surface area contributed by atoms with Crippen molar-refractivity contribution in [2.75, 3.05) is 13.1 Å². The van der Waals surface area contributed by atoms with Gasteiger partial charge in [0.05, 0.1) is 6.10 Å². The SMILES string of the molecule is CC(CC(=O)N1CCC(O)CC1)Cc1ccc(Cl)cc1. The van der Waals surface area contributed by atoms with Gasteiger partial charge in [0.1, 0.15) is 0 Å². The zero-order chi connectivity index (χ0) is 14.5. The van der Waals surface area contributed by atoms with E-state index in [2.05, 4.69) is 6.92 Å². The quantitative estimate of drug-likeness (QED) is 0.928. The maximum atomic E-state index is 12.2. The van der Waals surface area contributed by atoms with E-state index in [1.54, 1.807) is 0 Å². The molecular weight excluding hydrogens is 274 g/mol. The van der Waals surface area contributed by atoms with Crippen molar-refractivity contribution >= 4 is 17.5 Å². The van der Waals surface area contributed by atoms with Gasteiger partial charge in [0.15, 0.2) is 0 Å². The Morgan fingerprint density at radius 1 is 1.35 bits per heavy atom. The van der Waals surface area contributed by atoms with Crippen molar-refractivity contribution in [2.24, 2.45) is 5.92 Å². The van der Waals surface area contributed by atoms with Gasteiger partial charge in [-0.05, 0) is 42.9 Å². The molecule has 0 aromatic heterocycles. The summed E-state index contributed by atoms with van der Waals surface area (Å²) in [6, 6.07) is 7.80. The summed E-state index contributed by atoms with van der Waals surface area (Å²) in [5.74, 6) is 0.522. The van der Waals surface area contributed by atoms with Gasteiger partial charge >= 0.3 is 0 Å². The van der Waals surface area contributed by atoms with E-state index >= 15 is 0 Å². The molecule has 20 heavy (non-hydrogen) atoms. The highest BCUT2D eigenvalue weighted by atomic mass is 35.5. The Bertz CT molecular complexity index is 438. The number of aliphatic hydroxyl groups excluding tert-OH is 1. The lowest BCUT2D eigenvalue weighted by Gasteiger charge is -2.30. The van der Waals surface area contributed by atoms with Crippen LogP contribution in [-0.4, -0.2) is 35.1 Å². The normalized spacial score (nSPS) is 18.1. The number of amides is 1. The molecule has 1 amide bonds. The fourth-order valence-corrected chi connectivity index (χ4v) is 2.76. The molecule has 1 aromatic rings. The van der Waals surface area contributed by atoms with Gasteiger partial charge < -0.3 is 10.0 Å². The minimum atomic E-state index is -0.231. The van der Waals surface area contributed by atoms with Gasteiger partial charge in [-0.15, -0.1) is 0 Å². The largest absolute Gasteiger partial charge is 0.393 e. The number of piperidine rings is 1. The molecule has 1 aromatic carbocycles. The van der Waals surface area contributed by atoms with Gasteiger partial charge in [-0.2, -0.15) is 0 Å². The van der Waals surface area contributed by atoms with E-state index in [0.717, 1.165) is 11.4 Å². The second kappa shape index (κ2) is 7.09. The lowest BCUT2D eigenvalue weighted by molar-refractivity contribution is -0.134. The monoisotopic (exact) mass is 295 g/mol. The zero-order valence-electron chi connectivity index (χ0n) is 11.9. The number of nitrogens with zero attached hydrogens (tertiary/aromatic N) is 1. The molecule has 3 nitrogen and oxygen atoms in total. The van der Waals surface area contributed by atoms with Crippen LogP contribution < -0.4 is 0 Å². The highest BCUT2D eigenvalue weighted by Gasteiger charge is 2.22. The van der Waals surface area contributed by atoms with Gasteiger partial charge in [0.2, 0.25) is 5.91 Å². The Morgan fingerprint density at radius 2 is 1.95 bits per heavy atom. The fraction of sp³-hybridized carbons (Fsp3) is 0.562. The van der Waals surface area contributed by atoms with Crippen molar-refractivity contribution in [1.29, 1.82) is 0 Å². The van der Waals surface area contributed by atoms with E-state index < -0.39 is 0 Å². The second-order valence-corrected chi connectivity index (χ2v) is 6.19. The molecule has 1 unspecified atom stereocenters. The third kappa shape index (κ3) is 4.50. The van der Waals surface area contributed by atoms with Gasteiger partial charge in [0, 0.05) is 24.5 Å². The Hall–Kier alpha value is -1.06. The smallest absolute Gasteiger partial charge is 0.222 e. The van der Waals surface area contributed by atoms with Crippen LogP contribution in [0.2, 0.25) is 5.02 Å². The van der Waals surface area contributed by atoms with E-state index in [9.17, 15) is 9.90 Å². The number of hydrogen-bond donors (Lipinski definition) is 1. The number of halogens is 1. The molecule has 1 heterocycles. The average molecular weight is 296 g/mol. The molecule has 1 N–H and O–H groups in total. The molecule has 1 aliphatic rings.